The zero-order valence-electron chi connectivity index (χ0n) is 17.4. The summed E-state index contributed by atoms with van der Waals surface area (Å²) in [6.07, 6.45) is 2.74. The maximum absolute atomic E-state index is 12.3. The third kappa shape index (κ3) is 4.22. The number of anilines is 1. The Balaban J connectivity index is 1.18. The van der Waals surface area contributed by atoms with Crippen molar-refractivity contribution in [1.29, 1.82) is 0 Å². The van der Waals surface area contributed by atoms with Crippen molar-refractivity contribution in [3.8, 4) is 11.4 Å². The summed E-state index contributed by atoms with van der Waals surface area (Å²) in [6.45, 7) is 0.250. The van der Waals surface area contributed by atoms with Crippen LogP contribution in [-0.4, -0.2) is 35.6 Å². The summed E-state index contributed by atoms with van der Waals surface area (Å²) in [7, 11) is 0. The average Bonchev–Trinajstić information content (AvgIpc) is 3.44. The molecule has 0 spiro atoms. The van der Waals surface area contributed by atoms with Gasteiger partial charge in [0.15, 0.2) is 11.4 Å². The van der Waals surface area contributed by atoms with E-state index in [1.807, 2.05) is 16.8 Å². The minimum Gasteiger partial charge on any atom is -0.407 e. The van der Waals surface area contributed by atoms with E-state index in [4.69, 9.17) is 4.42 Å². The second kappa shape index (κ2) is 8.30. The molecule has 4 aromatic rings. The summed E-state index contributed by atoms with van der Waals surface area (Å²) >= 11 is 0. The van der Waals surface area contributed by atoms with Gasteiger partial charge in [0, 0.05) is 30.3 Å². The summed E-state index contributed by atoms with van der Waals surface area (Å²) in [5.74, 6) is -0.101. The Bertz CT molecular complexity index is 1400. The van der Waals surface area contributed by atoms with Gasteiger partial charge in [-0.05, 0) is 60.0 Å². The topological polar surface area (TPSA) is 151 Å². The molecule has 2 heterocycles. The number of aromatic nitrogens is 5. The first-order valence-electron chi connectivity index (χ1n) is 10.5. The highest BCUT2D eigenvalue weighted by Crippen LogP contribution is 2.36. The van der Waals surface area contributed by atoms with Crippen molar-refractivity contribution in [2.24, 2.45) is 0 Å². The Morgan fingerprint density at radius 3 is 2.73 bits per heavy atom. The van der Waals surface area contributed by atoms with Gasteiger partial charge in [0.05, 0.1) is 22.5 Å². The number of hydrogen-bond acceptors (Lipinski definition) is 8. The van der Waals surface area contributed by atoms with Crippen molar-refractivity contribution in [3.05, 3.63) is 63.1 Å². The number of nitro benzene ring substituents is 1. The molecule has 2 aromatic carbocycles. The Morgan fingerprint density at radius 2 is 2.00 bits per heavy atom. The Kier molecular flexibility index (Phi) is 5.17. The van der Waals surface area contributed by atoms with Gasteiger partial charge in [-0.25, -0.2) is 9.48 Å². The minimum atomic E-state index is -0.616. The van der Waals surface area contributed by atoms with E-state index in [1.165, 1.54) is 22.8 Å². The smallest absolute Gasteiger partial charge is 0.407 e. The van der Waals surface area contributed by atoms with E-state index in [0.29, 0.717) is 29.5 Å². The summed E-state index contributed by atoms with van der Waals surface area (Å²) < 4.78 is 8.29. The predicted octanol–water partition coefficient (Wildman–Crippen LogP) is 2.91. The van der Waals surface area contributed by atoms with E-state index in [2.05, 4.69) is 20.8 Å². The van der Waals surface area contributed by atoms with Crippen LogP contribution in [0.15, 0.2) is 51.7 Å². The molecule has 168 valence electrons. The first-order chi connectivity index (χ1) is 16.0. The van der Waals surface area contributed by atoms with Crippen molar-refractivity contribution in [3.63, 3.8) is 0 Å². The number of amides is 1. The SMILES string of the molecule is O=C(CCCn1c(=O)oc2cc([N+](=O)[O-])ccc21)Nc1ccc(-c2nnnn2C2CC2)cc1. The fourth-order valence-electron chi connectivity index (χ4n) is 3.65. The summed E-state index contributed by atoms with van der Waals surface area (Å²) in [5.41, 5.74) is 1.96. The van der Waals surface area contributed by atoms with Gasteiger partial charge in [-0.15, -0.1) is 5.10 Å². The summed E-state index contributed by atoms with van der Waals surface area (Å²) in [5, 5.41) is 25.6. The van der Waals surface area contributed by atoms with Crippen LogP contribution in [-0.2, 0) is 11.3 Å². The van der Waals surface area contributed by atoms with Gasteiger partial charge in [-0.3, -0.25) is 19.5 Å². The molecular weight excluding hydrogens is 430 g/mol. The van der Waals surface area contributed by atoms with Gasteiger partial charge in [0.2, 0.25) is 5.91 Å². The van der Waals surface area contributed by atoms with Gasteiger partial charge in [-0.2, -0.15) is 0 Å². The number of nitrogens with zero attached hydrogens (tertiary/aromatic N) is 6. The number of non-ortho nitro benzene ring substituents is 1. The lowest BCUT2D eigenvalue weighted by Gasteiger charge is -2.07. The summed E-state index contributed by atoms with van der Waals surface area (Å²) in [4.78, 5) is 34.8. The first-order valence-corrected chi connectivity index (χ1v) is 10.5. The van der Waals surface area contributed by atoms with Crippen molar-refractivity contribution >= 4 is 28.4 Å². The fourth-order valence-corrected chi connectivity index (χ4v) is 3.65. The average molecular weight is 449 g/mol. The molecule has 33 heavy (non-hydrogen) atoms. The summed E-state index contributed by atoms with van der Waals surface area (Å²) in [6, 6.07) is 11.7. The number of fused-ring (bicyclic) bond motifs is 1. The largest absolute Gasteiger partial charge is 0.419 e. The number of carbonyl (C=O) groups is 1. The second-order valence-corrected chi connectivity index (χ2v) is 7.84. The van der Waals surface area contributed by atoms with E-state index in [0.717, 1.165) is 18.4 Å². The molecule has 1 amide bonds. The van der Waals surface area contributed by atoms with Crippen LogP contribution in [0.5, 0.6) is 0 Å². The van der Waals surface area contributed by atoms with Crippen LogP contribution >= 0.6 is 0 Å². The van der Waals surface area contributed by atoms with Crippen LogP contribution < -0.4 is 11.1 Å². The van der Waals surface area contributed by atoms with E-state index in [-0.39, 0.29) is 30.1 Å². The Morgan fingerprint density at radius 1 is 1.21 bits per heavy atom. The highest BCUT2D eigenvalue weighted by atomic mass is 16.6. The molecule has 12 nitrogen and oxygen atoms in total. The van der Waals surface area contributed by atoms with Gasteiger partial charge in [0.25, 0.3) is 5.69 Å². The maximum Gasteiger partial charge on any atom is 0.419 e. The zero-order chi connectivity index (χ0) is 22.9. The number of oxazole rings is 1. The molecule has 1 saturated carbocycles. The number of benzene rings is 2. The number of aryl methyl sites for hydroxylation is 1. The number of nitro groups is 1. The predicted molar refractivity (Wildman–Crippen MR) is 117 cm³/mol. The third-order valence-electron chi connectivity index (χ3n) is 5.46. The molecule has 0 atom stereocenters. The van der Waals surface area contributed by atoms with Crippen LogP contribution in [0.4, 0.5) is 11.4 Å². The van der Waals surface area contributed by atoms with Crippen LogP contribution in [0.2, 0.25) is 0 Å². The first kappa shape index (κ1) is 20.5. The molecule has 1 N–H and O–H groups in total. The van der Waals surface area contributed by atoms with Crippen LogP contribution in [0.3, 0.4) is 0 Å². The zero-order valence-corrected chi connectivity index (χ0v) is 17.4. The molecule has 0 bridgehead atoms. The Hall–Kier alpha value is -4.35. The van der Waals surface area contributed by atoms with Crippen LogP contribution in [0.1, 0.15) is 31.7 Å². The van der Waals surface area contributed by atoms with Crippen molar-refractivity contribution in [1.82, 2.24) is 24.8 Å². The monoisotopic (exact) mass is 449 g/mol. The molecule has 1 aliphatic carbocycles. The second-order valence-electron chi connectivity index (χ2n) is 7.84. The highest BCUT2D eigenvalue weighted by molar-refractivity contribution is 5.90. The molecule has 1 aliphatic rings. The number of nitrogens with one attached hydrogen (secondary N) is 1. The van der Waals surface area contributed by atoms with Crippen molar-refractivity contribution in [2.75, 3.05) is 5.32 Å². The molecule has 5 rings (SSSR count). The fraction of sp³-hybridized carbons (Fsp3) is 0.286. The highest BCUT2D eigenvalue weighted by Gasteiger charge is 2.28. The number of tetrazole rings is 1. The molecule has 0 unspecified atom stereocenters. The van der Waals surface area contributed by atoms with Crippen LogP contribution in [0.25, 0.3) is 22.5 Å². The minimum absolute atomic E-state index is 0.145. The molecule has 2 aromatic heterocycles. The molecular formula is C21H19N7O5. The van der Waals surface area contributed by atoms with E-state index in [9.17, 15) is 19.7 Å². The third-order valence-corrected chi connectivity index (χ3v) is 5.46. The van der Waals surface area contributed by atoms with Crippen molar-refractivity contribution < 1.29 is 14.1 Å². The van der Waals surface area contributed by atoms with Gasteiger partial charge < -0.3 is 9.73 Å². The standard InChI is InChI=1S/C21H19N7O5/c29-19(2-1-11-26-17-10-9-16(28(31)32)12-18(17)33-21(26)30)22-14-5-3-13(4-6-14)20-23-24-25-27(20)15-7-8-15/h3-6,9-10,12,15H,1-2,7-8,11H2,(H,22,29). The number of hydrogen-bond donors (Lipinski definition) is 1. The lowest BCUT2D eigenvalue weighted by atomic mass is 10.2. The quantitative estimate of drug-likeness (QED) is 0.318. The molecule has 12 heteroatoms. The van der Waals surface area contributed by atoms with Gasteiger partial charge in [0.1, 0.15) is 0 Å². The molecule has 0 saturated heterocycles. The number of carbonyl (C=O) groups excluding carboxylic acids is 1. The van der Waals surface area contributed by atoms with Crippen molar-refractivity contribution in [2.45, 2.75) is 38.3 Å². The normalized spacial score (nSPS) is 13.3. The van der Waals surface area contributed by atoms with Gasteiger partial charge in [-0.1, -0.05) is 0 Å². The lowest BCUT2D eigenvalue weighted by molar-refractivity contribution is -0.384. The molecule has 1 fully saturated rings. The lowest BCUT2D eigenvalue weighted by Crippen LogP contribution is -2.17. The molecule has 0 radical (unpaired) electrons. The number of rotatable bonds is 8. The Labute approximate surface area is 186 Å². The van der Waals surface area contributed by atoms with Crippen LogP contribution in [0, 0.1) is 10.1 Å². The van der Waals surface area contributed by atoms with Gasteiger partial charge >= 0.3 is 5.76 Å². The molecule has 0 aliphatic heterocycles. The maximum atomic E-state index is 12.3. The van der Waals surface area contributed by atoms with E-state index >= 15 is 0 Å². The van der Waals surface area contributed by atoms with E-state index < -0.39 is 10.7 Å². The van der Waals surface area contributed by atoms with E-state index in [1.54, 1.807) is 12.1 Å².